The Kier molecular flexibility index (Phi) is 13.9. The molecule has 14 heteroatoms. The van der Waals surface area contributed by atoms with Crippen LogP contribution in [0.1, 0.15) is 28.7 Å². The molecule has 2 aliphatic rings. The van der Waals surface area contributed by atoms with Crippen LogP contribution >= 0.6 is 0 Å². The van der Waals surface area contributed by atoms with Crippen molar-refractivity contribution >= 4 is 41.2 Å². The quantitative estimate of drug-likeness (QED) is 0.115. The van der Waals surface area contributed by atoms with Gasteiger partial charge in [0.05, 0.1) is 6.42 Å². The van der Waals surface area contributed by atoms with Gasteiger partial charge in [-0.05, 0) is 51.6 Å². The second-order valence-electron chi connectivity index (χ2n) is 14.3. The Labute approximate surface area is 340 Å². The number of aliphatic carboxylic acids is 1. The number of pyridine rings is 1. The predicted molar refractivity (Wildman–Crippen MR) is 218 cm³/mol. The van der Waals surface area contributed by atoms with Gasteiger partial charge in [-0.2, -0.15) is 0 Å². The first kappa shape index (κ1) is 41.4. The van der Waals surface area contributed by atoms with Gasteiger partial charge in [-0.1, -0.05) is 103 Å². The van der Waals surface area contributed by atoms with Crippen molar-refractivity contribution in [1.82, 2.24) is 26.3 Å². The zero-order chi connectivity index (χ0) is 41.7. The number of aromatic nitrogens is 1. The summed E-state index contributed by atoms with van der Waals surface area (Å²) in [4.78, 5) is 85.4. The maximum absolute atomic E-state index is 14.4. The average Bonchev–Trinajstić information content (AvgIpc) is 3.24. The standard InChI is InChI=1S/C45H44N6O8/c52-39-26-40(53)48-35(25-31-10-7-21-46-27-31)41(54)49-37(23-29-13-17-33(18-14-29)32-11-5-2-6-12-32)42(55)50-36(22-28-8-3-1-4-9-28)43(56)51-38(45(58)59)24-30-15-19-34(20-16-30)47-44(39)57/h1-21,27,35-39,52H,22-26H2,(H,47,57)(H,48,53)(H,49,54)(H,50,55)(H,51,56)(H,58,59)/t35-,36-,37+,38+,39-/m1/s1. The molecule has 0 saturated heterocycles. The van der Waals surface area contributed by atoms with Crippen molar-refractivity contribution in [2.45, 2.75) is 62.4 Å². The maximum Gasteiger partial charge on any atom is 0.326 e. The lowest BCUT2D eigenvalue weighted by molar-refractivity contribution is -0.142. The summed E-state index contributed by atoms with van der Waals surface area (Å²) in [5, 5.41) is 34.1. The van der Waals surface area contributed by atoms with Crippen molar-refractivity contribution in [3.63, 3.8) is 0 Å². The number of carboxylic acid groups (broad SMARTS) is 1. The van der Waals surface area contributed by atoms with Crippen molar-refractivity contribution in [3.05, 3.63) is 156 Å². The molecule has 0 aliphatic carbocycles. The van der Waals surface area contributed by atoms with E-state index in [2.05, 4.69) is 31.6 Å². The minimum Gasteiger partial charge on any atom is -0.480 e. The number of nitrogens with one attached hydrogen (secondary N) is 5. The molecule has 0 spiro atoms. The van der Waals surface area contributed by atoms with Gasteiger partial charge in [0.25, 0.3) is 5.91 Å². The molecule has 2 aliphatic heterocycles. The molecule has 7 N–H and O–H groups in total. The number of nitrogens with zero attached hydrogens (tertiary/aromatic N) is 1. The SMILES string of the molecule is O=C1C[C@@H](O)C(=O)Nc2ccc(cc2)C[C@@H](C(=O)O)NC(=O)[C@@H](Cc2ccccc2)NC(=O)[C@H](Cc2ccc(-c3ccccc3)cc2)NC(=O)[C@@H](Cc2cccnc2)N1. The number of amides is 5. The van der Waals surface area contributed by atoms with E-state index in [1.54, 1.807) is 60.8 Å². The highest BCUT2D eigenvalue weighted by Gasteiger charge is 2.33. The topological polar surface area (TPSA) is 216 Å². The van der Waals surface area contributed by atoms with Gasteiger partial charge in [-0.25, -0.2) is 4.79 Å². The molecule has 5 aromatic rings. The molecule has 14 nitrogen and oxygen atoms in total. The van der Waals surface area contributed by atoms with Gasteiger partial charge in [0, 0.05) is 43.8 Å². The predicted octanol–water partition coefficient (Wildman–Crippen LogP) is 2.75. The van der Waals surface area contributed by atoms with Crippen LogP contribution < -0.4 is 26.6 Å². The van der Waals surface area contributed by atoms with Gasteiger partial charge < -0.3 is 36.8 Å². The lowest BCUT2D eigenvalue weighted by Crippen LogP contribution is -2.59. The minimum atomic E-state index is -1.79. The molecule has 0 radical (unpaired) electrons. The van der Waals surface area contributed by atoms with Crippen LogP contribution in [0.5, 0.6) is 0 Å². The van der Waals surface area contributed by atoms with Crippen LogP contribution in [0.25, 0.3) is 11.1 Å². The first-order valence-electron chi connectivity index (χ1n) is 19.1. The largest absolute Gasteiger partial charge is 0.480 e. The van der Waals surface area contributed by atoms with Crippen LogP contribution in [0.15, 0.2) is 134 Å². The van der Waals surface area contributed by atoms with Crippen LogP contribution in [0.2, 0.25) is 0 Å². The molecule has 4 aromatic carbocycles. The molecule has 2 bridgehead atoms. The number of carbonyl (C=O) groups is 6. The van der Waals surface area contributed by atoms with Gasteiger partial charge in [0.2, 0.25) is 23.6 Å². The fourth-order valence-corrected chi connectivity index (χ4v) is 6.66. The van der Waals surface area contributed by atoms with Crippen LogP contribution in [0.4, 0.5) is 5.69 Å². The summed E-state index contributed by atoms with van der Waals surface area (Å²) in [5.74, 6) is -5.28. The van der Waals surface area contributed by atoms with Crippen LogP contribution in [0.3, 0.4) is 0 Å². The molecular weight excluding hydrogens is 753 g/mol. The third-order valence-corrected chi connectivity index (χ3v) is 9.82. The monoisotopic (exact) mass is 796 g/mol. The summed E-state index contributed by atoms with van der Waals surface area (Å²) >= 11 is 0. The minimum absolute atomic E-state index is 0.00635. The Morgan fingerprint density at radius 1 is 0.559 bits per heavy atom. The highest BCUT2D eigenvalue weighted by Crippen LogP contribution is 2.20. The number of benzene rings is 4. The van der Waals surface area contributed by atoms with Crippen molar-refractivity contribution < 1.29 is 39.0 Å². The highest BCUT2D eigenvalue weighted by atomic mass is 16.4. The second-order valence-corrected chi connectivity index (χ2v) is 14.3. The molecule has 302 valence electrons. The number of aliphatic hydroxyl groups is 1. The normalized spacial score (nSPS) is 20.8. The number of aliphatic hydroxyl groups excluding tert-OH is 1. The number of carbonyl (C=O) groups excluding carboxylic acids is 5. The van der Waals surface area contributed by atoms with E-state index in [0.29, 0.717) is 22.3 Å². The van der Waals surface area contributed by atoms with Gasteiger partial charge in [-0.15, -0.1) is 0 Å². The lowest BCUT2D eigenvalue weighted by Gasteiger charge is -2.26. The van der Waals surface area contributed by atoms with Gasteiger partial charge in [0.1, 0.15) is 30.3 Å². The molecule has 7 rings (SSSR count). The van der Waals surface area contributed by atoms with E-state index in [9.17, 15) is 39.0 Å². The van der Waals surface area contributed by atoms with E-state index >= 15 is 0 Å². The van der Waals surface area contributed by atoms with Crippen molar-refractivity contribution in [2.75, 3.05) is 5.32 Å². The van der Waals surface area contributed by atoms with Crippen LogP contribution in [-0.4, -0.2) is 81.0 Å². The van der Waals surface area contributed by atoms with Crippen LogP contribution in [-0.2, 0) is 54.5 Å². The summed E-state index contributed by atoms with van der Waals surface area (Å²) in [7, 11) is 0. The number of hydrogen-bond donors (Lipinski definition) is 7. The van der Waals surface area contributed by atoms with E-state index in [-0.39, 0.29) is 31.4 Å². The van der Waals surface area contributed by atoms with Crippen LogP contribution in [0, 0.1) is 0 Å². The fourth-order valence-electron chi connectivity index (χ4n) is 6.66. The number of carboxylic acids is 1. The maximum atomic E-state index is 14.4. The Hall–Kier alpha value is -7.19. The Balaban J connectivity index is 1.36. The van der Waals surface area contributed by atoms with Gasteiger partial charge in [-0.3, -0.25) is 29.0 Å². The van der Waals surface area contributed by atoms with E-state index in [1.807, 2.05) is 54.6 Å². The molecule has 3 heterocycles. The Bertz CT molecular complexity index is 2240. The summed E-state index contributed by atoms with van der Waals surface area (Å²) in [5.41, 5.74) is 4.59. The third kappa shape index (κ3) is 11.9. The number of fused-ring (bicyclic) bond motifs is 18. The summed E-state index contributed by atoms with van der Waals surface area (Å²) in [6.07, 6.45) is 0.340. The first-order chi connectivity index (χ1) is 28.5. The molecule has 0 unspecified atom stereocenters. The zero-order valence-electron chi connectivity index (χ0n) is 31.9. The van der Waals surface area contributed by atoms with E-state index < -0.39 is 72.2 Å². The molecule has 59 heavy (non-hydrogen) atoms. The molecule has 1 aromatic heterocycles. The molecule has 5 amide bonds. The van der Waals surface area contributed by atoms with Gasteiger partial charge in [0.15, 0.2) is 0 Å². The second kappa shape index (κ2) is 19.8. The van der Waals surface area contributed by atoms with E-state index in [1.165, 1.54) is 18.3 Å². The van der Waals surface area contributed by atoms with Crippen molar-refractivity contribution in [2.24, 2.45) is 0 Å². The summed E-state index contributed by atoms with van der Waals surface area (Å²) in [6.45, 7) is 0. The smallest absolute Gasteiger partial charge is 0.326 e. The van der Waals surface area contributed by atoms with Crippen molar-refractivity contribution in [1.29, 1.82) is 0 Å². The first-order valence-corrected chi connectivity index (χ1v) is 19.1. The summed E-state index contributed by atoms with van der Waals surface area (Å²) < 4.78 is 0. The van der Waals surface area contributed by atoms with E-state index in [4.69, 9.17) is 0 Å². The Morgan fingerprint density at radius 2 is 1.08 bits per heavy atom. The molecular formula is C45H44N6O8. The summed E-state index contributed by atoms with van der Waals surface area (Å²) in [6, 6.07) is 30.1. The lowest BCUT2D eigenvalue weighted by atomic mass is 9.98. The number of anilines is 1. The fraction of sp³-hybridized carbons (Fsp3) is 0.222. The molecule has 5 atom stereocenters. The number of hydrogen-bond acceptors (Lipinski definition) is 8. The van der Waals surface area contributed by atoms with Crippen molar-refractivity contribution in [3.8, 4) is 11.1 Å². The molecule has 0 saturated carbocycles. The molecule has 0 fully saturated rings. The average molecular weight is 797 g/mol. The number of rotatable bonds is 8. The van der Waals surface area contributed by atoms with E-state index in [0.717, 1.165) is 11.1 Å². The zero-order valence-corrected chi connectivity index (χ0v) is 31.9. The third-order valence-electron chi connectivity index (χ3n) is 9.82. The Morgan fingerprint density at radius 3 is 1.68 bits per heavy atom. The van der Waals surface area contributed by atoms with Gasteiger partial charge >= 0.3 is 5.97 Å². The highest BCUT2D eigenvalue weighted by molar-refractivity contribution is 5.98.